The highest BCUT2D eigenvalue weighted by molar-refractivity contribution is 5.62. The van der Waals surface area contributed by atoms with Crippen molar-refractivity contribution in [1.82, 2.24) is 0 Å². The lowest BCUT2D eigenvalue weighted by Gasteiger charge is -2.00. The average Bonchev–Trinajstić information content (AvgIpc) is 2.03. The first-order valence-corrected chi connectivity index (χ1v) is 4.11. The molecule has 0 unspecified atom stereocenters. The lowest BCUT2D eigenvalue weighted by molar-refractivity contribution is -0.134. The van der Waals surface area contributed by atoms with E-state index in [-0.39, 0.29) is 6.61 Å². The first-order chi connectivity index (χ1) is 6.15. The highest BCUT2D eigenvalue weighted by Gasteiger charge is 1.84. The summed E-state index contributed by atoms with van der Waals surface area (Å²) in [6, 6.07) is 0. The molecular weight excluding hydrogens is 176 g/mol. The number of aliphatic carboxylic acids is 1. The van der Waals surface area contributed by atoms with Crippen LogP contribution in [0.1, 0.15) is 20.3 Å². The van der Waals surface area contributed by atoms with Crippen LogP contribution in [0.2, 0.25) is 0 Å². The van der Waals surface area contributed by atoms with Gasteiger partial charge >= 0.3 is 0 Å². The van der Waals surface area contributed by atoms with Crippen LogP contribution in [0.15, 0.2) is 0 Å². The molecule has 0 aromatic rings. The van der Waals surface area contributed by atoms with Crippen molar-refractivity contribution in [2.24, 2.45) is 0 Å². The SMILES string of the molecule is CC(=O)O.CCOCOCCCO. The van der Waals surface area contributed by atoms with Gasteiger partial charge in [0.05, 0.1) is 6.61 Å². The molecule has 0 bridgehead atoms. The van der Waals surface area contributed by atoms with E-state index in [1.807, 2.05) is 6.92 Å². The second kappa shape index (κ2) is 13.9. The van der Waals surface area contributed by atoms with Gasteiger partial charge in [-0.05, 0) is 13.3 Å². The van der Waals surface area contributed by atoms with E-state index in [1.165, 1.54) is 0 Å². The van der Waals surface area contributed by atoms with Crippen molar-refractivity contribution in [2.75, 3.05) is 26.6 Å². The van der Waals surface area contributed by atoms with Gasteiger partial charge in [-0.3, -0.25) is 4.79 Å². The fourth-order valence-electron chi connectivity index (χ4n) is 0.368. The van der Waals surface area contributed by atoms with E-state index < -0.39 is 5.97 Å². The minimum Gasteiger partial charge on any atom is -0.481 e. The monoisotopic (exact) mass is 194 g/mol. The van der Waals surface area contributed by atoms with Crippen LogP contribution in [0.5, 0.6) is 0 Å². The van der Waals surface area contributed by atoms with Crippen LogP contribution < -0.4 is 0 Å². The molecule has 0 saturated heterocycles. The predicted molar refractivity (Wildman–Crippen MR) is 47.5 cm³/mol. The van der Waals surface area contributed by atoms with Gasteiger partial charge in [0, 0.05) is 20.1 Å². The molecule has 0 atom stereocenters. The quantitative estimate of drug-likeness (QED) is 0.475. The molecule has 5 nitrogen and oxygen atoms in total. The van der Waals surface area contributed by atoms with E-state index in [4.69, 9.17) is 24.5 Å². The van der Waals surface area contributed by atoms with Crippen LogP contribution >= 0.6 is 0 Å². The number of aliphatic hydroxyl groups excluding tert-OH is 1. The maximum atomic E-state index is 9.00. The lowest BCUT2D eigenvalue weighted by Crippen LogP contribution is -2.02. The summed E-state index contributed by atoms with van der Waals surface area (Å²) >= 11 is 0. The van der Waals surface area contributed by atoms with Gasteiger partial charge in [-0.2, -0.15) is 0 Å². The number of ether oxygens (including phenoxy) is 2. The lowest BCUT2D eigenvalue weighted by atomic mass is 10.5. The molecule has 13 heavy (non-hydrogen) atoms. The van der Waals surface area contributed by atoms with E-state index in [1.54, 1.807) is 0 Å². The third-order valence-corrected chi connectivity index (χ3v) is 0.818. The Morgan fingerprint density at radius 2 is 1.92 bits per heavy atom. The van der Waals surface area contributed by atoms with Gasteiger partial charge in [0.25, 0.3) is 5.97 Å². The molecule has 2 N–H and O–H groups in total. The number of hydrogen-bond donors (Lipinski definition) is 2. The standard InChI is InChI=1S/C6H14O3.C2H4O2/c1-2-8-6-9-5-3-4-7;1-2(3)4/h7H,2-6H2,1H3;1H3,(H,3,4). The van der Waals surface area contributed by atoms with E-state index in [0.29, 0.717) is 26.4 Å². The highest BCUT2D eigenvalue weighted by atomic mass is 16.7. The Balaban J connectivity index is 0. The minimum absolute atomic E-state index is 0.187. The molecule has 0 spiro atoms. The fourth-order valence-corrected chi connectivity index (χ4v) is 0.368. The molecule has 0 aliphatic heterocycles. The van der Waals surface area contributed by atoms with Crippen LogP contribution in [-0.4, -0.2) is 42.8 Å². The zero-order valence-corrected chi connectivity index (χ0v) is 8.15. The van der Waals surface area contributed by atoms with Crippen molar-refractivity contribution in [3.05, 3.63) is 0 Å². The summed E-state index contributed by atoms with van der Waals surface area (Å²) in [5.74, 6) is -0.833. The molecule has 0 radical (unpaired) electrons. The molecule has 0 aliphatic rings. The Hall–Kier alpha value is -0.650. The molecule has 0 aliphatic carbocycles. The first kappa shape index (κ1) is 14.9. The average molecular weight is 194 g/mol. The zero-order chi connectivity index (χ0) is 10.5. The summed E-state index contributed by atoms with van der Waals surface area (Å²) in [6.45, 7) is 4.79. The predicted octanol–water partition coefficient (Wildman–Crippen LogP) is 0.470. The Morgan fingerprint density at radius 3 is 2.31 bits per heavy atom. The van der Waals surface area contributed by atoms with Crippen molar-refractivity contribution in [3.8, 4) is 0 Å². The van der Waals surface area contributed by atoms with Crippen LogP contribution in [-0.2, 0) is 14.3 Å². The molecule has 0 saturated carbocycles. The van der Waals surface area contributed by atoms with Crippen LogP contribution in [0, 0.1) is 0 Å². The van der Waals surface area contributed by atoms with Gasteiger partial charge in [0.15, 0.2) is 0 Å². The van der Waals surface area contributed by atoms with Crippen LogP contribution in [0.25, 0.3) is 0 Å². The Morgan fingerprint density at radius 1 is 1.38 bits per heavy atom. The molecular formula is C8H18O5. The summed E-state index contributed by atoms with van der Waals surface area (Å²) in [6.07, 6.45) is 0.688. The van der Waals surface area contributed by atoms with E-state index in [0.717, 1.165) is 6.92 Å². The number of rotatable bonds is 6. The molecule has 0 aromatic carbocycles. The maximum absolute atomic E-state index is 9.00. The summed E-state index contributed by atoms with van der Waals surface area (Å²) in [5, 5.41) is 15.7. The molecule has 0 fully saturated rings. The molecule has 0 aromatic heterocycles. The number of carboxylic acids is 1. The van der Waals surface area contributed by atoms with Crippen LogP contribution in [0.4, 0.5) is 0 Å². The molecule has 0 rings (SSSR count). The van der Waals surface area contributed by atoms with Crippen LogP contribution in [0.3, 0.4) is 0 Å². The smallest absolute Gasteiger partial charge is 0.300 e. The zero-order valence-electron chi connectivity index (χ0n) is 8.15. The van der Waals surface area contributed by atoms with Gasteiger partial charge in [-0.1, -0.05) is 0 Å². The number of carboxylic acid groups (broad SMARTS) is 1. The minimum atomic E-state index is -0.833. The molecule has 5 heteroatoms. The van der Waals surface area contributed by atoms with Gasteiger partial charge in [-0.25, -0.2) is 0 Å². The van der Waals surface area contributed by atoms with Gasteiger partial charge in [0.2, 0.25) is 0 Å². The fraction of sp³-hybridized carbons (Fsp3) is 0.875. The maximum Gasteiger partial charge on any atom is 0.300 e. The summed E-state index contributed by atoms with van der Waals surface area (Å²) < 4.78 is 9.81. The van der Waals surface area contributed by atoms with E-state index >= 15 is 0 Å². The summed E-state index contributed by atoms with van der Waals surface area (Å²) in [4.78, 5) is 9.00. The van der Waals surface area contributed by atoms with E-state index in [9.17, 15) is 0 Å². The summed E-state index contributed by atoms with van der Waals surface area (Å²) in [7, 11) is 0. The Labute approximate surface area is 78.3 Å². The van der Waals surface area contributed by atoms with Gasteiger partial charge < -0.3 is 19.7 Å². The third-order valence-electron chi connectivity index (χ3n) is 0.818. The first-order valence-electron chi connectivity index (χ1n) is 4.11. The number of carbonyl (C=O) groups is 1. The normalized spacial score (nSPS) is 8.85. The Kier molecular flexibility index (Phi) is 15.9. The topological polar surface area (TPSA) is 76.0 Å². The second-order valence-corrected chi connectivity index (χ2v) is 2.12. The van der Waals surface area contributed by atoms with Crippen molar-refractivity contribution < 1.29 is 24.5 Å². The molecule has 0 heterocycles. The second-order valence-electron chi connectivity index (χ2n) is 2.12. The number of hydrogen-bond acceptors (Lipinski definition) is 4. The summed E-state index contributed by atoms with van der Waals surface area (Å²) in [5.41, 5.74) is 0. The Bertz CT molecular complexity index is 94.7. The largest absolute Gasteiger partial charge is 0.481 e. The van der Waals surface area contributed by atoms with Gasteiger partial charge in [-0.15, -0.1) is 0 Å². The van der Waals surface area contributed by atoms with E-state index in [2.05, 4.69) is 0 Å². The molecule has 0 amide bonds. The van der Waals surface area contributed by atoms with Crippen molar-refractivity contribution in [1.29, 1.82) is 0 Å². The van der Waals surface area contributed by atoms with Gasteiger partial charge in [0.1, 0.15) is 6.79 Å². The van der Waals surface area contributed by atoms with Crippen molar-refractivity contribution >= 4 is 5.97 Å². The number of aliphatic hydroxyl groups is 1. The van der Waals surface area contributed by atoms with Crippen molar-refractivity contribution in [3.63, 3.8) is 0 Å². The third kappa shape index (κ3) is 34.7. The highest BCUT2D eigenvalue weighted by Crippen LogP contribution is 1.81. The van der Waals surface area contributed by atoms with Crippen molar-refractivity contribution in [2.45, 2.75) is 20.3 Å². The molecule has 80 valence electrons.